The molecule has 1 fully saturated rings. The average Bonchev–Trinajstić information content (AvgIpc) is 2.96. The van der Waals surface area contributed by atoms with E-state index in [0.29, 0.717) is 35.6 Å². The number of halogens is 3. The van der Waals surface area contributed by atoms with Crippen molar-refractivity contribution in [2.45, 2.75) is 30.7 Å². The highest BCUT2D eigenvalue weighted by molar-refractivity contribution is 8.00. The van der Waals surface area contributed by atoms with Crippen LogP contribution in [0.4, 0.5) is 4.39 Å². The molecule has 1 aliphatic heterocycles. The number of benzene rings is 2. The van der Waals surface area contributed by atoms with Crippen molar-refractivity contribution in [3.8, 4) is 0 Å². The first-order valence-corrected chi connectivity index (χ1v) is 9.86. The molecule has 0 bridgehead atoms. The molecule has 25 heavy (non-hydrogen) atoms. The number of ether oxygens (including phenoxy) is 2. The molecule has 1 aliphatic rings. The molecule has 0 unspecified atom stereocenters. The molecule has 3 atom stereocenters. The minimum atomic E-state index is -0.971. The van der Waals surface area contributed by atoms with Crippen molar-refractivity contribution in [1.29, 1.82) is 0 Å². The van der Waals surface area contributed by atoms with E-state index in [0.717, 1.165) is 11.1 Å². The van der Waals surface area contributed by atoms with Crippen LogP contribution in [0, 0.1) is 0 Å². The molecular formula is C19H19Cl2FO2S. The van der Waals surface area contributed by atoms with Gasteiger partial charge in [0.15, 0.2) is 0 Å². The van der Waals surface area contributed by atoms with Crippen LogP contribution in [0.2, 0.25) is 10.0 Å². The number of rotatable bonds is 7. The Morgan fingerprint density at radius 2 is 1.48 bits per heavy atom. The highest BCUT2D eigenvalue weighted by Gasteiger charge is 2.38. The van der Waals surface area contributed by atoms with Crippen LogP contribution in [0.1, 0.15) is 11.1 Å². The minimum Gasteiger partial charge on any atom is -0.376 e. The molecule has 0 saturated carbocycles. The normalized spacial score (nSPS) is 23.1. The third kappa shape index (κ3) is 5.60. The molecule has 2 nitrogen and oxygen atoms in total. The lowest BCUT2D eigenvalue weighted by molar-refractivity contribution is -0.0167. The highest BCUT2D eigenvalue weighted by Crippen LogP contribution is 2.32. The van der Waals surface area contributed by atoms with Crippen LogP contribution in [0.15, 0.2) is 48.5 Å². The molecule has 2 aromatic carbocycles. The number of thioether (sulfide) groups is 1. The Morgan fingerprint density at radius 1 is 0.920 bits per heavy atom. The van der Waals surface area contributed by atoms with E-state index in [9.17, 15) is 4.39 Å². The first-order valence-electron chi connectivity index (χ1n) is 8.06. The summed E-state index contributed by atoms with van der Waals surface area (Å²) in [6, 6.07) is 14.9. The van der Waals surface area contributed by atoms with Crippen LogP contribution >= 0.6 is 35.0 Å². The minimum absolute atomic E-state index is 0.00500. The largest absolute Gasteiger partial charge is 0.376 e. The number of hydrogen-bond acceptors (Lipinski definition) is 3. The van der Waals surface area contributed by atoms with Gasteiger partial charge in [-0.05, 0) is 35.4 Å². The lowest BCUT2D eigenvalue weighted by atomic mass is 10.1. The Morgan fingerprint density at radius 3 is 2.08 bits per heavy atom. The molecule has 134 valence electrons. The fourth-order valence-corrected chi connectivity index (χ4v) is 4.14. The van der Waals surface area contributed by atoms with Crippen molar-refractivity contribution in [3.63, 3.8) is 0 Å². The topological polar surface area (TPSA) is 18.5 Å². The standard InChI is InChI=1S/C19H19Cl2FO2S/c20-15-5-1-13(2-6-15)9-23-11-18-19(17(22)12-25-18)24-10-14-3-7-16(21)8-4-14/h1-8,17-19H,9-12H2/t17-,18-,19+/m1/s1. The zero-order valence-corrected chi connectivity index (χ0v) is 15.9. The molecule has 6 heteroatoms. The summed E-state index contributed by atoms with van der Waals surface area (Å²) >= 11 is 13.3. The first kappa shape index (κ1) is 19.0. The van der Waals surface area contributed by atoms with Crippen LogP contribution in [0.5, 0.6) is 0 Å². The second-order valence-electron chi connectivity index (χ2n) is 5.93. The molecule has 3 rings (SSSR count). The second kappa shape index (κ2) is 9.24. The zero-order valence-electron chi connectivity index (χ0n) is 13.5. The van der Waals surface area contributed by atoms with Gasteiger partial charge in [-0.15, -0.1) is 0 Å². The summed E-state index contributed by atoms with van der Waals surface area (Å²) in [4.78, 5) is 0. The van der Waals surface area contributed by atoms with Crippen LogP contribution in [-0.4, -0.2) is 29.9 Å². The summed E-state index contributed by atoms with van der Waals surface area (Å²) < 4.78 is 25.8. The maximum Gasteiger partial charge on any atom is 0.136 e. The Labute approximate surface area is 161 Å². The van der Waals surface area contributed by atoms with E-state index in [-0.39, 0.29) is 5.25 Å². The maximum absolute atomic E-state index is 14.2. The molecule has 2 aromatic rings. The van der Waals surface area contributed by atoms with Crippen molar-refractivity contribution in [1.82, 2.24) is 0 Å². The summed E-state index contributed by atoms with van der Waals surface area (Å²) in [7, 11) is 0. The van der Waals surface area contributed by atoms with Gasteiger partial charge in [0.25, 0.3) is 0 Å². The molecule has 0 aliphatic carbocycles. The molecule has 0 aromatic heterocycles. The molecule has 0 radical (unpaired) electrons. The second-order valence-corrected chi connectivity index (χ2v) is 8.08. The predicted octanol–water partition coefficient (Wildman–Crippen LogP) is 5.55. The van der Waals surface area contributed by atoms with Gasteiger partial charge >= 0.3 is 0 Å². The molecule has 0 spiro atoms. The Bertz CT molecular complexity index is 666. The summed E-state index contributed by atoms with van der Waals surface area (Å²) in [6.45, 7) is 1.31. The fraction of sp³-hybridized carbons (Fsp3) is 0.368. The Balaban J connectivity index is 1.48. The summed E-state index contributed by atoms with van der Waals surface area (Å²) in [5.74, 6) is 0.445. The van der Waals surface area contributed by atoms with Gasteiger partial charge in [0, 0.05) is 15.8 Å². The monoisotopic (exact) mass is 400 g/mol. The van der Waals surface area contributed by atoms with E-state index in [1.54, 1.807) is 11.8 Å². The van der Waals surface area contributed by atoms with E-state index in [1.807, 2.05) is 48.5 Å². The summed E-state index contributed by atoms with van der Waals surface area (Å²) in [5.41, 5.74) is 2.03. The van der Waals surface area contributed by atoms with Crippen LogP contribution in [0.3, 0.4) is 0 Å². The van der Waals surface area contributed by atoms with Crippen molar-refractivity contribution in [2.75, 3.05) is 12.4 Å². The van der Waals surface area contributed by atoms with Gasteiger partial charge in [0.05, 0.1) is 25.1 Å². The van der Waals surface area contributed by atoms with Crippen LogP contribution in [-0.2, 0) is 22.7 Å². The van der Waals surface area contributed by atoms with Gasteiger partial charge in [0.1, 0.15) is 12.3 Å². The van der Waals surface area contributed by atoms with Gasteiger partial charge in [-0.2, -0.15) is 11.8 Å². The highest BCUT2D eigenvalue weighted by atomic mass is 35.5. The summed E-state index contributed by atoms with van der Waals surface area (Å²) in [5, 5.41) is 1.37. The van der Waals surface area contributed by atoms with Crippen molar-refractivity contribution < 1.29 is 13.9 Å². The Hall–Kier alpha value is -0.780. The van der Waals surface area contributed by atoms with Gasteiger partial charge in [0.2, 0.25) is 0 Å². The van der Waals surface area contributed by atoms with E-state index in [1.165, 1.54) is 0 Å². The third-order valence-electron chi connectivity index (χ3n) is 4.01. The fourth-order valence-electron chi connectivity index (χ4n) is 2.64. The average molecular weight is 401 g/mol. The van der Waals surface area contributed by atoms with E-state index in [4.69, 9.17) is 32.7 Å². The van der Waals surface area contributed by atoms with Gasteiger partial charge in [-0.1, -0.05) is 47.5 Å². The van der Waals surface area contributed by atoms with E-state index < -0.39 is 12.3 Å². The SMILES string of the molecule is F[C@@H]1CS[C@H](COCc2ccc(Cl)cc2)[C@H]1OCc1ccc(Cl)cc1. The molecule has 1 heterocycles. The number of hydrogen-bond donors (Lipinski definition) is 0. The smallest absolute Gasteiger partial charge is 0.136 e. The lowest BCUT2D eigenvalue weighted by Crippen LogP contribution is -2.32. The molecule has 0 amide bonds. The summed E-state index contributed by atoms with van der Waals surface area (Å²) in [6.07, 6.45) is -1.42. The molecular weight excluding hydrogens is 382 g/mol. The zero-order chi connectivity index (χ0) is 17.6. The lowest BCUT2D eigenvalue weighted by Gasteiger charge is -2.21. The van der Waals surface area contributed by atoms with Crippen molar-refractivity contribution in [2.24, 2.45) is 0 Å². The van der Waals surface area contributed by atoms with Crippen molar-refractivity contribution in [3.05, 3.63) is 69.7 Å². The predicted molar refractivity (Wildman–Crippen MR) is 102 cm³/mol. The van der Waals surface area contributed by atoms with Gasteiger partial charge < -0.3 is 9.47 Å². The molecule has 1 saturated heterocycles. The van der Waals surface area contributed by atoms with Gasteiger partial charge in [-0.3, -0.25) is 0 Å². The number of alkyl halides is 1. The van der Waals surface area contributed by atoms with Crippen LogP contribution in [0.25, 0.3) is 0 Å². The van der Waals surface area contributed by atoms with Gasteiger partial charge in [-0.25, -0.2) is 4.39 Å². The van der Waals surface area contributed by atoms with E-state index in [2.05, 4.69) is 0 Å². The quantitative estimate of drug-likeness (QED) is 0.606. The Kier molecular flexibility index (Phi) is 7.02. The third-order valence-corrected chi connectivity index (χ3v) is 5.86. The van der Waals surface area contributed by atoms with E-state index >= 15 is 0 Å². The molecule has 0 N–H and O–H groups in total. The van der Waals surface area contributed by atoms with Crippen molar-refractivity contribution >= 4 is 35.0 Å². The first-order chi connectivity index (χ1) is 12.1. The van der Waals surface area contributed by atoms with Crippen LogP contribution < -0.4 is 0 Å². The maximum atomic E-state index is 14.2.